The summed E-state index contributed by atoms with van der Waals surface area (Å²) in [6, 6.07) is 15.8. The highest BCUT2D eigenvalue weighted by Crippen LogP contribution is 2.16. The molecule has 7 nitrogen and oxygen atoms in total. The Labute approximate surface area is 164 Å². The molecule has 9 heteroatoms. The van der Waals surface area contributed by atoms with Crippen LogP contribution in [0.25, 0.3) is 0 Å². The Morgan fingerprint density at radius 1 is 1.07 bits per heavy atom. The van der Waals surface area contributed by atoms with Crippen molar-refractivity contribution in [2.24, 2.45) is 5.10 Å². The zero-order chi connectivity index (χ0) is 19.1. The van der Waals surface area contributed by atoms with E-state index in [1.807, 2.05) is 6.07 Å². The van der Waals surface area contributed by atoms with Gasteiger partial charge in [-0.15, -0.1) is 10.2 Å². The number of nitrogens with one attached hydrogen (secondary N) is 2. The van der Waals surface area contributed by atoms with Crippen LogP contribution in [0.2, 0.25) is 5.02 Å². The van der Waals surface area contributed by atoms with Crippen molar-refractivity contribution in [2.45, 2.75) is 6.42 Å². The molecule has 136 valence electrons. The number of hydrogen-bond donors (Lipinski definition) is 2. The standard InChI is InChI=1S/C18H14ClN5O2S/c19-14-8-6-12(7-9-14)11-20-22-15(25)10-16-23-24-18(27-16)21-17(26)13-4-2-1-3-5-13/h1-9,11H,10H2,(H,22,25)(H,21,24,26)/b20-11-. The summed E-state index contributed by atoms with van der Waals surface area (Å²) in [4.78, 5) is 24.0. The number of aromatic nitrogens is 2. The summed E-state index contributed by atoms with van der Waals surface area (Å²) in [6.45, 7) is 0. The summed E-state index contributed by atoms with van der Waals surface area (Å²) in [5.41, 5.74) is 3.74. The first-order valence-corrected chi connectivity index (χ1v) is 9.06. The minimum absolute atomic E-state index is 0.0107. The number of anilines is 1. The third-order valence-corrected chi connectivity index (χ3v) is 4.40. The van der Waals surface area contributed by atoms with Gasteiger partial charge in [0.15, 0.2) is 0 Å². The van der Waals surface area contributed by atoms with Gasteiger partial charge < -0.3 is 0 Å². The Morgan fingerprint density at radius 3 is 2.56 bits per heavy atom. The molecule has 1 aromatic heterocycles. The van der Waals surface area contributed by atoms with E-state index in [-0.39, 0.29) is 18.2 Å². The molecule has 0 bridgehead atoms. The summed E-state index contributed by atoms with van der Waals surface area (Å²) in [5.74, 6) is -0.618. The highest BCUT2D eigenvalue weighted by Gasteiger charge is 2.12. The van der Waals surface area contributed by atoms with Gasteiger partial charge in [-0.1, -0.05) is 53.3 Å². The lowest BCUT2D eigenvalue weighted by Gasteiger charge is -1.99. The number of benzene rings is 2. The Balaban J connectivity index is 1.50. The second kappa shape index (κ2) is 9.02. The van der Waals surface area contributed by atoms with Gasteiger partial charge in [-0.3, -0.25) is 14.9 Å². The fourth-order valence-corrected chi connectivity index (χ4v) is 2.90. The second-order valence-corrected chi connectivity index (χ2v) is 6.84. The van der Waals surface area contributed by atoms with E-state index in [0.717, 1.165) is 16.9 Å². The van der Waals surface area contributed by atoms with Crippen molar-refractivity contribution in [1.82, 2.24) is 15.6 Å². The van der Waals surface area contributed by atoms with Gasteiger partial charge in [-0.25, -0.2) is 5.43 Å². The number of hydrazone groups is 1. The van der Waals surface area contributed by atoms with Gasteiger partial charge in [0.25, 0.3) is 5.91 Å². The average molecular weight is 400 g/mol. The van der Waals surface area contributed by atoms with Crippen molar-refractivity contribution in [2.75, 3.05) is 5.32 Å². The smallest absolute Gasteiger partial charge is 0.257 e. The predicted octanol–water partition coefficient (Wildman–Crippen LogP) is 3.14. The number of carbonyl (C=O) groups excluding carboxylic acids is 2. The van der Waals surface area contributed by atoms with Crippen LogP contribution in [0.5, 0.6) is 0 Å². The normalized spacial score (nSPS) is 10.7. The molecule has 0 unspecified atom stereocenters. The summed E-state index contributed by atoms with van der Waals surface area (Å²) in [5, 5.41) is 15.7. The Bertz CT molecular complexity index is 957. The van der Waals surface area contributed by atoms with Gasteiger partial charge in [0.05, 0.1) is 12.6 Å². The molecule has 0 aliphatic rings. The summed E-state index contributed by atoms with van der Waals surface area (Å²) in [6.07, 6.45) is 1.52. The van der Waals surface area contributed by atoms with E-state index in [9.17, 15) is 9.59 Å². The highest BCUT2D eigenvalue weighted by atomic mass is 35.5. The van der Waals surface area contributed by atoms with E-state index in [2.05, 4.69) is 26.0 Å². The number of hydrogen-bond acceptors (Lipinski definition) is 6. The molecule has 2 aromatic carbocycles. The summed E-state index contributed by atoms with van der Waals surface area (Å²) >= 11 is 6.94. The molecule has 0 aliphatic carbocycles. The molecule has 0 atom stereocenters. The fourth-order valence-electron chi connectivity index (χ4n) is 2.04. The van der Waals surface area contributed by atoms with E-state index >= 15 is 0 Å². The van der Waals surface area contributed by atoms with E-state index < -0.39 is 0 Å². The topological polar surface area (TPSA) is 96.3 Å². The molecule has 0 saturated carbocycles. The fraction of sp³-hybridized carbons (Fsp3) is 0.0556. The third kappa shape index (κ3) is 5.70. The number of rotatable bonds is 6. The minimum atomic E-state index is -0.336. The second-order valence-electron chi connectivity index (χ2n) is 5.34. The van der Waals surface area contributed by atoms with Crippen LogP contribution in [0.1, 0.15) is 20.9 Å². The predicted molar refractivity (Wildman–Crippen MR) is 105 cm³/mol. The molecule has 3 rings (SSSR count). The lowest BCUT2D eigenvalue weighted by molar-refractivity contribution is -0.120. The van der Waals surface area contributed by atoms with Crippen LogP contribution in [-0.2, 0) is 11.2 Å². The minimum Gasteiger partial charge on any atom is -0.296 e. The van der Waals surface area contributed by atoms with Crippen LogP contribution in [-0.4, -0.2) is 28.2 Å². The SMILES string of the molecule is O=C(Cc1nnc(NC(=O)c2ccccc2)s1)N/N=C\c1ccc(Cl)cc1. The van der Waals surface area contributed by atoms with Crippen molar-refractivity contribution >= 4 is 46.1 Å². The van der Waals surface area contributed by atoms with Gasteiger partial charge in [0, 0.05) is 10.6 Å². The first-order chi connectivity index (χ1) is 13.1. The molecular weight excluding hydrogens is 386 g/mol. The van der Waals surface area contributed by atoms with Crippen molar-refractivity contribution in [3.05, 3.63) is 75.8 Å². The van der Waals surface area contributed by atoms with Crippen LogP contribution in [0.15, 0.2) is 59.7 Å². The first-order valence-electron chi connectivity index (χ1n) is 7.86. The van der Waals surface area contributed by atoms with Crippen molar-refractivity contribution < 1.29 is 9.59 Å². The van der Waals surface area contributed by atoms with E-state index in [4.69, 9.17) is 11.6 Å². The van der Waals surface area contributed by atoms with Gasteiger partial charge >= 0.3 is 0 Å². The van der Waals surface area contributed by atoms with Crippen LogP contribution in [0.4, 0.5) is 5.13 Å². The van der Waals surface area contributed by atoms with Crippen LogP contribution in [0, 0.1) is 0 Å². The van der Waals surface area contributed by atoms with Crippen molar-refractivity contribution in [1.29, 1.82) is 0 Å². The maximum atomic E-state index is 12.1. The number of carbonyl (C=O) groups is 2. The molecule has 0 saturated heterocycles. The number of halogens is 1. The maximum Gasteiger partial charge on any atom is 0.257 e. The van der Waals surface area contributed by atoms with Gasteiger partial charge in [-0.2, -0.15) is 5.10 Å². The van der Waals surface area contributed by atoms with Gasteiger partial charge in [-0.05, 0) is 29.8 Å². The summed E-state index contributed by atoms with van der Waals surface area (Å²) in [7, 11) is 0. The van der Waals surface area contributed by atoms with Crippen LogP contribution >= 0.6 is 22.9 Å². The molecule has 3 aromatic rings. The molecule has 0 radical (unpaired) electrons. The molecule has 0 spiro atoms. The number of amides is 2. The van der Waals surface area contributed by atoms with Gasteiger partial charge in [0.1, 0.15) is 5.01 Å². The number of nitrogens with zero attached hydrogens (tertiary/aromatic N) is 3. The Kier molecular flexibility index (Phi) is 6.24. The third-order valence-electron chi connectivity index (χ3n) is 3.31. The quantitative estimate of drug-likeness (QED) is 0.491. The van der Waals surface area contributed by atoms with Crippen LogP contribution in [0.3, 0.4) is 0 Å². The van der Waals surface area contributed by atoms with E-state index in [1.165, 1.54) is 6.21 Å². The van der Waals surface area contributed by atoms with Crippen LogP contribution < -0.4 is 10.7 Å². The molecule has 1 heterocycles. The van der Waals surface area contributed by atoms with E-state index in [0.29, 0.717) is 20.7 Å². The van der Waals surface area contributed by atoms with Gasteiger partial charge in [0.2, 0.25) is 11.0 Å². The lowest BCUT2D eigenvalue weighted by atomic mass is 10.2. The zero-order valence-electron chi connectivity index (χ0n) is 13.9. The largest absolute Gasteiger partial charge is 0.296 e. The average Bonchev–Trinajstić information content (AvgIpc) is 3.10. The molecular formula is C18H14ClN5O2S. The highest BCUT2D eigenvalue weighted by molar-refractivity contribution is 7.15. The van der Waals surface area contributed by atoms with Crippen molar-refractivity contribution in [3.63, 3.8) is 0 Å². The molecule has 2 N–H and O–H groups in total. The Hall–Kier alpha value is -3.10. The lowest BCUT2D eigenvalue weighted by Crippen LogP contribution is -2.19. The summed E-state index contributed by atoms with van der Waals surface area (Å²) < 4.78 is 0. The zero-order valence-corrected chi connectivity index (χ0v) is 15.5. The molecule has 0 aliphatic heterocycles. The first kappa shape index (κ1) is 18.7. The molecule has 2 amide bonds. The van der Waals surface area contributed by atoms with Crippen molar-refractivity contribution in [3.8, 4) is 0 Å². The Morgan fingerprint density at radius 2 is 1.81 bits per heavy atom. The monoisotopic (exact) mass is 399 g/mol. The molecule has 27 heavy (non-hydrogen) atoms. The maximum absolute atomic E-state index is 12.1. The van der Waals surface area contributed by atoms with E-state index in [1.54, 1.807) is 48.5 Å². The molecule has 0 fully saturated rings.